The zero-order valence-electron chi connectivity index (χ0n) is 15.3. The lowest BCUT2D eigenvalue weighted by Gasteiger charge is -2.32. The lowest BCUT2D eigenvalue weighted by molar-refractivity contribution is -0.795. The van der Waals surface area contributed by atoms with Crippen LogP contribution in [0.25, 0.3) is 0 Å². The molecule has 5 nitrogen and oxygen atoms in total. The number of thioether (sulfide) groups is 1. The van der Waals surface area contributed by atoms with Crippen molar-refractivity contribution in [1.82, 2.24) is 0 Å². The number of amides is 2. The van der Waals surface area contributed by atoms with Crippen LogP contribution in [-0.2, 0) is 16.0 Å². The maximum Gasteiger partial charge on any atom is 0.521 e. The number of imide groups is 1. The van der Waals surface area contributed by atoms with E-state index >= 15 is 0 Å². The summed E-state index contributed by atoms with van der Waals surface area (Å²) in [6.45, 7) is 5.13. The molecule has 0 spiro atoms. The fraction of sp³-hybridized carbons (Fsp3) is 0.526. The minimum Gasteiger partial charge on any atom is -0.435 e. The molecule has 0 saturated carbocycles. The molecular formula is C19H25FNO4S+. The Morgan fingerprint density at radius 2 is 1.92 bits per heavy atom. The van der Waals surface area contributed by atoms with Crippen LogP contribution in [0.3, 0.4) is 0 Å². The molecule has 2 rings (SSSR count). The lowest BCUT2D eigenvalue weighted by Crippen LogP contribution is -2.60. The van der Waals surface area contributed by atoms with Crippen molar-refractivity contribution >= 4 is 28.9 Å². The van der Waals surface area contributed by atoms with Crippen molar-refractivity contribution in [3.05, 3.63) is 35.6 Å². The first-order valence-electron chi connectivity index (χ1n) is 8.70. The number of hydrogen-bond acceptors (Lipinski definition) is 4. The molecule has 1 aromatic carbocycles. The smallest absolute Gasteiger partial charge is 0.435 e. The Morgan fingerprint density at radius 3 is 2.46 bits per heavy atom. The van der Waals surface area contributed by atoms with E-state index in [0.29, 0.717) is 12.8 Å². The van der Waals surface area contributed by atoms with Crippen LogP contribution >= 0.6 is 11.8 Å². The highest BCUT2D eigenvalue weighted by Gasteiger charge is 2.57. The van der Waals surface area contributed by atoms with Gasteiger partial charge in [-0.1, -0.05) is 23.9 Å². The molecule has 1 aliphatic rings. The summed E-state index contributed by atoms with van der Waals surface area (Å²) in [6, 6.07) is 5.83. The van der Waals surface area contributed by atoms with Crippen molar-refractivity contribution in [3.8, 4) is 0 Å². The van der Waals surface area contributed by atoms with E-state index < -0.39 is 16.5 Å². The number of quaternary nitrogens is 1. The Kier molecular flexibility index (Phi) is 6.58. The lowest BCUT2D eigenvalue weighted by atomic mass is 9.97. The summed E-state index contributed by atoms with van der Waals surface area (Å²) < 4.78 is 12.5. The number of carbonyl (C=O) groups is 3. The Labute approximate surface area is 157 Å². The highest BCUT2D eigenvalue weighted by atomic mass is 32.2. The van der Waals surface area contributed by atoms with Gasteiger partial charge in [0, 0.05) is 25.0 Å². The number of nitrogens with zero attached hydrogens (tertiary/aromatic N) is 1. The summed E-state index contributed by atoms with van der Waals surface area (Å²) in [7, 11) is 0. The number of rotatable bonds is 5. The third-order valence-corrected chi connectivity index (χ3v) is 6.18. The Balaban J connectivity index is 2.16. The fourth-order valence-corrected chi connectivity index (χ4v) is 4.43. The molecule has 26 heavy (non-hydrogen) atoms. The molecular weight excluding hydrogens is 357 g/mol. The molecule has 2 amide bonds. The van der Waals surface area contributed by atoms with Gasteiger partial charge in [0.1, 0.15) is 11.9 Å². The van der Waals surface area contributed by atoms with Gasteiger partial charge in [-0.15, -0.1) is 0 Å². The van der Waals surface area contributed by atoms with Crippen LogP contribution in [0.15, 0.2) is 24.3 Å². The highest BCUT2D eigenvalue weighted by Crippen LogP contribution is 2.36. The van der Waals surface area contributed by atoms with Crippen molar-refractivity contribution in [2.75, 3.05) is 12.3 Å². The molecule has 1 N–H and O–H groups in total. The van der Waals surface area contributed by atoms with Crippen LogP contribution in [0.2, 0.25) is 0 Å². The number of carbonyl (C=O) groups excluding carboxylic acids is 2. The second-order valence-corrected chi connectivity index (χ2v) is 8.35. The molecule has 1 saturated heterocycles. The maximum atomic E-state index is 13.1. The van der Waals surface area contributed by atoms with Crippen LogP contribution in [0.1, 0.15) is 32.8 Å². The normalized spacial score (nSPS) is 26.5. The van der Waals surface area contributed by atoms with Crippen LogP contribution in [0, 0.1) is 17.7 Å². The van der Waals surface area contributed by atoms with Gasteiger partial charge in [-0.2, -0.15) is 9.28 Å². The number of carboxylic acid groups (broad SMARTS) is 1. The summed E-state index contributed by atoms with van der Waals surface area (Å²) in [4.78, 5) is 36.2. The summed E-state index contributed by atoms with van der Waals surface area (Å²) >= 11 is 1.04. The first-order valence-corrected chi connectivity index (χ1v) is 9.68. The molecule has 7 heteroatoms. The van der Waals surface area contributed by atoms with Crippen LogP contribution < -0.4 is 0 Å². The van der Waals surface area contributed by atoms with Gasteiger partial charge in [-0.05, 0) is 38.0 Å². The predicted molar refractivity (Wildman–Crippen MR) is 98.1 cm³/mol. The minimum absolute atomic E-state index is 0.0307. The molecule has 1 aliphatic heterocycles. The van der Waals surface area contributed by atoms with E-state index in [9.17, 15) is 23.9 Å². The van der Waals surface area contributed by atoms with E-state index in [1.54, 1.807) is 26.0 Å². The average Bonchev–Trinajstić information content (AvgIpc) is 2.91. The van der Waals surface area contributed by atoms with Gasteiger partial charge >= 0.3 is 12.0 Å². The van der Waals surface area contributed by atoms with E-state index in [1.165, 1.54) is 19.1 Å². The maximum absolute atomic E-state index is 13.1. The largest absolute Gasteiger partial charge is 0.521 e. The molecule has 1 fully saturated rings. The number of halogens is 1. The van der Waals surface area contributed by atoms with Gasteiger partial charge in [0.25, 0.3) is 0 Å². The topological polar surface area (TPSA) is 71.4 Å². The standard InChI is InChI=1S/C19H24FNO4S/c1-12(11-26-14(3)22)18(23)21(19(24)25)10-16(8-13(21)2)9-15-4-6-17(20)7-5-15/h4-7,12-13,16H,8-11H2,1-3H3/p+1/t12?,13?,16-,21+/m1/s1. The van der Waals surface area contributed by atoms with Gasteiger partial charge < -0.3 is 5.11 Å². The van der Waals surface area contributed by atoms with Gasteiger partial charge in [0.15, 0.2) is 5.12 Å². The average molecular weight is 382 g/mol. The van der Waals surface area contributed by atoms with Crippen LogP contribution in [0.5, 0.6) is 0 Å². The Bertz CT molecular complexity index is 693. The molecule has 0 bridgehead atoms. The van der Waals surface area contributed by atoms with Gasteiger partial charge in [-0.3, -0.25) is 4.79 Å². The monoisotopic (exact) mass is 382 g/mol. The first-order chi connectivity index (χ1) is 12.2. The van der Waals surface area contributed by atoms with Crippen molar-refractivity contribution in [2.24, 2.45) is 11.8 Å². The van der Waals surface area contributed by atoms with Gasteiger partial charge in [-0.25, -0.2) is 9.18 Å². The third-order valence-electron chi connectivity index (χ3n) is 5.10. The van der Waals surface area contributed by atoms with Crippen molar-refractivity contribution in [1.29, 1.82) is 0 Å². The Hall–Kier alpha value is -1.73. The van der Waals surface area contributed by atoms with E-state index in [4.69, 9.17) is 0 Å². The summed E-state index contributed by atoms with van der Waals surface area (Å²) in [5.41, 5.74) is 0.932. The van der Waals surface area contributed by atoms with Gasteiger partial charge in [0.05, 0.1) is 12.5 Å². The quantitative estimate of drug-likeness (QED) is 0.786. The molecule has 142 valence electrons. The zero-order chi connectivity index (χ0) is 19.5. The summed E-state index contributed by atoms with van der Waals surface area (Å²) in [5, 5.41) is 9.79. The molecule has 0 aromatic heterocycles. The SMILES string of the molecule is CC(=O)SCC(C)C(=O)[N@+]1(C(=O)O)C[C@@H](Cc2ccc(F)cc2)CC1C. The highest BCUT2D eigenvalue weighted by molar-refractivity contribution is 8.13. The first kappa shape index (κ1) is 20.6. The van der Waals surface area contributed by atoms with Crippen molar-refractivity contribution in [2.45, 2.75) is 39.7 Å². The second-order valence-electron chi connectivity index (χ2n) is 7.16. The van der Waals surface area contributed by atoms with E-state index in [2.05, 4.69) is 0 Å². The number of hydrogen-bond donors (Lipinski definition) is 1. The molecule has 2 unspecified atom stereocenters. The number of benzene rings is 1. The van der Waals surface area contributed by atoms with Crippen LogP contribution in [-0.4, -0.2) is 45.0 Å². The summed E-state index contributed by atoms with van der Waals surface area (Å²) in [6.07, 6.45) is 0.0905. The molecule has 1 heterocycles. The predicted octanol–water partition coefficient (Wildman–Crippen LogP) is 3.71. The fourth-order valence-electron chi connectivity index (χ4n) is 3.80. The number of likely N-dealkylation sites (tertiary alicyclic amines) is 1. The van der Waals surface area contributed by atoms with Crippen LogP contribution in [0.4, 0.5) is 9.18 Å². The van der Waals surface area contributed by atoms with E-state index in [0.717, 1.165) is 17.3 Å². The molecule has 4 atom stereocenters. The van der Waals surface area contributed by atoms with Gasteiger partial charge in [0.2, 0.25) is 0 Å². The van der Waals surface area contributed by atoms with E-state index in [-0.39, 0.29) is 41.1 Å². The molecule has 0 radical (unpaired) electrons. The molecule has 1 aromatic rings. The van der Waals surface area contributed by atoms with E-state index in [1.807, 2.05) is 0 Å². The minimum atomic E-state index is -1.14. The summed E-state index contributed by atoms with van der Waals surface area (Å²) in [5.74, 6) is -0.858. The van der Waals surface area contributed by atoms with Crippen molar-refractivity contribution in [3.63, 3.8) is 0 Å². The zero-order valence-corrected chi connectivity index (χ0v) is 16.1. The third kappa shape index (κ3) is 4.32. The second kappa shape index (κ2) is 8.31. The van der Waals surface area contributed by atoms with Crippen molar-refractivity contribution < 1.29 is 28.4 Å². The Morgan fingerprint density at radius 1 is 1.31 bits per heavy atom. The molecule has 0 aliphatic carbocycles.